The summed E-state index contributed by atoms with van der Waals surface area (Å²) < 4.78 is 5.61. The zero-order chi connectivity index (χ0) is 13.8. The summed E-state index contributed by atoms with van der Waals surface area (Å²) in [4.78, 5) is 14.4. The van der Waals surface area contributed by atoms with Crippen LogP contribution in [0.3, 0.4) is 0 Å². The summed E-state index contributed by atoms with van der Waals surface area (Å²) in [7, 11) is 0. The maximum atomic E-state index is 12.3. The average Bonchev–Trinajstić information content (AvgIpc) is 2.81. The van der Waals surface area contributed by atoms with Crippen molar-refractivity contribution in [2.45, 2.75) is 33.2 Å². The Kier molecular flexibility index (Phi) is 4.38. The summed E-state index contributed by atoms with van der Waals surface area (Å²) in [5.41, 5.74) is 0.775. The van der Waals surface area contributed by atoms with Gasteiger partial charge >= 0.3 is 0 Å². The Morgan fingerprint density at radius 3 is 2.68 bits per heavy atom. The monoisotopic (exact) mass is 259 g/mol. The number of carbonyl (C=O) groups excluding carboxylic acids is 1. The van der Waals surface area contributed by atoms with Crippen LogP contribution in [0.15, 0.2) is 34.7 Å². The van der Waals surface area contributed by atoms with Gasteiger partial charge in [0.05, 0.1) is 6.54 Å². The van der Waals surface area contributed by atoms with E-state index in [0.29, 0.717) is 18.3 Å². The molecule has 0 N–H and O–H groups in total. The van der Waals surface area contributed by atoms with E-state index in [1.807, 2.05) is 30.3 Å². The molecule has 3 heteroatoms. The molecule has 0 unspecified atom stereocenters. The predicted octanol–water partition coefficient (Wildman–Crippen LogP) is 3.74. The topological polar surface area (TPSA) is 33.5 Å². The molecule has 0 aliphatic carbocycles. The Morgan fingerprint density at radius 1 is 1.32 bits per heavy atom. The number of ketones is 1. The first-order chi connectivity index (χ1) is 9.11. The fourth-order valence-corrected chi connectivity index (χ4v) is 2.19. The molecule has 0 spiro atoms. The van der Waals surface area contributed by atoms with Gasteiger partial charge in [-0.1, -0.05) is 25.1 Å². The Morgan fingerprint density at radius 2 is 2.05 bits per heavy atom. The number of fused-ring (bicyclic) bond motifs is 1. The molecule has 1 aromatic carbocycles. The maximum Gasteiger partial charge on any atom is 0.211 e. The molecule has 102 valence electrons. The lowest BCUT2D eigenvalue weighted by Gasteiger charge is -2.24. The second-order valence-corrected chi connectivity index (χ2v) is 5.14. The van der Waals surface area contributed by atoms with Crippen LogP contribution in [0, 0.1) is 0 Å². The first-order valence-corrected chi connectivity index (χ1v) is 6.87. The zero-order valence-corrected chi connectivity index (χ0v) is 11.8. The number of hydrogen-bond donors (Lipinski definition) is 0. The van der Waals surface area contributed by atoms with Crippen LogP contribution in [0.25, 0.3) is 11.0 Å². The number of Topliss-reactive ketones (excluding diaryl/α,β-unsaturated/α-hetero) is 1. The number of nitrogens with zero attached hydrogens (tertiary/aromatic N) is 1. The van der Waals surface area contributed by atoms with Gasteiger partial charge in [0.15, 0.2) is 5.76 Å². The SMILES string of the molecule is CCCN(CC(=O)c1cc2ccccc2o1)C(C)C. The zero-order valence-electron chi connectivity index (χ0n) is 11.8. The molecule has 0 saturated carbocycles. The normalized spacial score (nSPS) is 11.6. The van der Waals surface area contributed by atoms with Crippen LogP contribution in [-0.4, -0.2) is 29.8 Å². The lowest BCUT2D eigenvalue weighted by molar-refractivity contribution is 0.0880. The number of benzene rings is 1. The first-order valence-electron chi connectivity index (χ1n) is 6.87. The van der Waals surface area contributed by atoms with E-state index in [1.165, 1.54) is 0 Å². The molecule has 0 bridgehead atoms. The third-order valence-corrected chi connectivity index (χ3v) is 3.29. The quantitative estimate of drug-likeness (QED) is 0.741. The van der Waals surface area contributed by atoms with Gasteiger partial charge in [0.2, 0.25) is 5.78 Å². The Labute approximate surface area is 114 Å². The third kappa shape index (κ3) is 3.24. The smallest absolute Gasteiger partial charge is 0.211 e. The second-order valence-electron chi connectivity index (χ2n) is 5.14. The first kappa shape index (κ1) is 13.8. The molecule has 2 aromatic rings. The molecule has 3 nitrogen and oxygen atoms in total. The van der Waals surface area contributed by atoms with E-state index < -0.39 is 0 Å². The van der Waals surface area contributed by atoms with Crippen LogP contribution in [0.2, 0.25) is 0 Å². The fraction of sp³-hybridized carbons (Fsp3) is 0.438. The van der Waals surface area contributed by atoms with Crippen LogP contribution >= 0.6 is 0 Å². The van der Waals surface area contributed by atoms with Crippen molar-refractivity contribution in [2.75, 3.05) is 13.1 Å². The van der Waals surface area contributed by atoms with E-state index >= 15 is 0 Å². The molecular weight excluding hydrogens is 238 g/mol. The van der Waals surface area contributed by atoms with Gasteiger partial charge in [-0.3, -0.25) is 9.69 Å². The summed E-state index contributed by atoms with van der Waals surface area (Å²) in [6.45, 7) is 7.71. The lowest BCUT2D eigenvalue weighted by Crippen LogP contribution is -2.36. The van der Waals surface area contributed by atoms with Crippen molar-refractivity contribution in [3.63, 3.8) is 0 Å². The van der Waals surface area contributed by atoms with Gasteiger partial charge in [-0.2, -0.15) is 0 Å². The molecule has 0 atom stereocenters. The molecule has 19 heavy (non-hydrogen) atoms. The molecule has 0 aliphatic heterocycles. The highest BCUT2D eigenvalue weighted by Crippen LogP contribution is 2.19. The predicted molar refractivity (Wildman–Crippen MR) is 77.5 cm³/mol. The number of hydrogen-bond acceptors (Lipinski definition) is 3. The standard InChI is InChI=1S/C16H21NO2/c1-4-9-17(12(2)3)11-14(18)16-10-13-7-5-6-8-15(13)19-16/h5-8,10,12H,4,9,11H2,1-3H3. The molecule has 1 aromatic heterocycles. The molecule has 0 saturated heterocycles. The molecular formula is C16H21NO2. The lowest BCUT2D eigenvalue weighted by atomic mass is 10.2. The van der Waals surface area contributed by atoms with E-state index in [0.717, 1.165) is 23.9 Å². The number of rotatable bonds is 6. The summed E-state index contributed by atoms with van der Waals surface area (Å²) in [6, 6.07) is 9.91. The van der Waals surface area contributed by atoms with E-state index in [9.17, 15) is 4.79 Å². The fourth-order valence-electron chi connectivity index (χ4n) is 2.19. The van der Waals surface area contributed by atoms with Gasteiger partial charge < -0.3 is 4.42 Å². The van der Waals surface area contributed by atoms with Gasteiger partial charge in [0, 0.05) is 11.4 Å². The number of furan rings is 1. The summed E-state index contributed by atoms with van der Waals surface area (Å²) in [6.07, 6.45) is 1.05. The highest BCUT2D eigenvalue weighted by molar-refractivity contribution is 5.98. The Hall–Kier alpha value is -1.61. The van der Waals surface area contributed by atoms with Gasteiger partial charge in [0.25, 0.3) is 0 Å². The minimum atomic E-state index is 0.0540. The summed E-state index contributed by atoms with van der Waals surface area (Å²) >= 11 is 0. The van der Waals surface area contributed by atoms with E-state index in [4.69, 9.17) is 4.42 Å². The van der Waals surface area contributed by atoms with Gasteiger partial charge in [-0.25, -0.2) is 0 Å². The van der Waals surface area contributed by atoms with Gasteiger partial charge in [0.1, 0.15) is 5.58 Å². The highest BCUT2D eigenvalue weighted by Gasteiger charge is 2.17. The molecule has 2 rings (SSSR count). The van der Waals surface area contributed by atoms with Crippen LogP contribution < -0.4 is 0 Å². The minimum absolute atomic E-state index is 0.0540. The van der Waals surface area contributed by atoms with Crippen molar-refractivity contribution < 1.29 is 9.21 Å². The number of para-hydroxylation sites is 1. The van der Waals surface area contributed by atoms with Crippen LogP contribution in [0.1, 0.15) is 37.7 Å². The largest absolute Gasteiger partial charge is 0.453 e. The molecule has 0 amide bonds. The molecule has 0 aliphatic rings. The Balaban J connectivity index is 2.14. The van der Waals surface area contributed by atoms with Crippen molar-refractivity contribution in [2.24, 2.45) is 0 Å². The van der Waals surface area contributed by atoms with Gasteiger partial charge in [-0.05, 0) is 38.9 Å². The highest BCUT2D eigenvalue weighted by atomic mass is 16.3. The summed E-state index contributed by atoms with van der Waals surface area (Å²) in [5.74, 6) is 0.515. The van der Waals surface area contributed by atoms with Crippen molar-refractivity contribution in [1.29, 1.82) is 0 Å². The van der Waals surface area contributed by atoms with Gasteiger partial charge in [-0.15, -0.1) is 0 Å². The van der Waals surface area contributed by atoms with E-state index in [2.05, 4.69) is 25.7 Å². The third-order valence-electron chi connectivity index (χ3n) is 3.29. The minimum Gasteiger partial charge on any atom is -0.453 e. The van der Waals surface area contributed by atoms with E-state index in [1.54, 1.807) is 0 Å². The summed E-state index contributed by atoms with van der Waals surface area (Å²) in [5, 5.41) is 0.984. The second kappa shape index (κ2) is 6.02. The van der Waals surface area contributed by atoms with Crippen molar-refractivity contribution in [1.82, 2.24) is 4.90 Å². The molecule has 0 fully saturated rings. The van der Waals surface area contributed by atoms with Crippen LogP contribution in [-0.2, 0) is 0 Å². The van der Waals surface area contributed by atoms with Crippen molar-refractivity contribution in [3.05, 3.63) is 36.1 Å². The van der Waals surface area contributed by atoms with Crippen LogP contribution in [0.4, 0.5) is 0 Å². The van der Waals surface area contributed by atoms with Crippen molar-refractivity contribution in [3.8, 4) is 0 Å². The molecule has 1 heterocycles. The van der Waals surface area contributed by atoms with E-state index in [-0.39, 0.29) is 5.78 Å². The average molecular weight is 259 g/mol. The maximum absolute atomic E-state index is 12.3. The van der Waals surface area contributed by atoms with Crippen molar-refractivity contribution >= 4 is 16.8 Å². The Bertz CT molecular complexity index is 524. The molecule has 0 radical (unpaired) electrons. The number of carbonyl (C=O) groups is 1. The van der Waals surface area contributed by atoms with Crippen LogP contribution in [0.5, 0.6) is 0 Å².